The maximum atomic E-state index is 5.79. The molecule has 0 radical (unpaired) electrons. The predicted octanol–water partition coefficient (Wildman–Crippen LogP) is 4.04. The topological polar surface area (TPSA) is 14.2 Å². The van der Waals surface area contributed by atoms with Gasteiger partial charge in [0.25, 0.3) is 0 Å². The van der Waals surface area contributed by atoms with Crippen LogP contribution >= 0.6 is 0 Å². The van der Waals surface area contributed by atoms with Gasteiger partial charge in [-0.05, 0) is 30.3 Å². The first-order chi connectivity index (χ1) is 9.43. The van der Waals surface area contributed by atoms with E-state index in [4.69, 9.17) is 4.74 Å². The molecule has 0 N–H and O–H groups in total. The van der Waals surface area contributed by atoms with E-state index in [2.05, 4.69) is 53.2 Å². The summed E-state index contributed by atoms with van der Waals surface area (Å²) in [7, 11) is 0. The second-order valence-corrected chi connectivity index (χ2v) is 4.68. The van der Waals surface area contributed by atoms with Crippen molar-refractivity contribution in [2.24, 2.45) is 0 Å². The second kappa shape index (κ2) is 4.02. The highest BCUT2D eigenvalue weighted by Gasteiger charge is 2.20. The minimum Gasteiger partial charge on any atom is -0.488 e. The fourth-order valence-corrected chi connectivity index (χ4v) is 2.64. The van der Waals surface area contributed by atoms with E-state index < -0.39 is 0 Å². The number of benzene rings is 2. The molecule has 2 heterocycles. The molecule has 1 aliphatic rings. The van der Waals surface area contributed by atoms with Gasteiger partial charge in [0.15, 0.2) is 0 Å². The quantitative estimate of drug-likeness (QED) is 0.633. The van der Waals surface area contributed by atoms with Crippen molar-refractivity contribution in [1.82, 2.24) is 4.57 Å². The third-order valence-corrected chi connectivity index (χ3v) is 3.53. The van der Waals surface area contributed by atoms with Crippen LogP contribution in [0.25, 0.3) is 16.9 Å². The Hall–Kier alpha value is -2.48. The van der Waals surface area contributed by atoms with Crippen molar-refractivity contribution in [2.75, 3.05) is 0 Å². The summed E-state index contributed by atoms with van der Waals surface area (Å²) < 4.78 is 8.02. The number of rotatable bonds is 1. The lowest BCUT2D eigenvalue weighted by molar-refractivity contribution is 0.302. The zero-order valence-electron chi connectivity index (χ0n) is 10.4. The first kappa shape index (κ1) is 10.4. The van der Waals surface area contributed by atoms with E-state index in [1.807, 2.05) is 18.2 Å². The van der Waals surface area contributed by atoms with E-state index in [1.165, 1.54) is 16.9 Å². The third kappa shape index (κ3) is 1.57. The molecule has 4 rings (SSSR count). The highest BCUT2D eigenvalue weighted by atomic mass is 16.5. The van der Waals surface area contributed by atoms with Crippen LogP contribution in [0.1, 0.15) is 5.56 Å². The van der Waals surface area contributed by atoms with E-state index in [9.17, 15) is 0 Å². The van der Waals surface area contributed by atoms with Crippen molar-refractivity contribution in [3.8, 4) is 22.7 Å². The Morgan fingerprint density at radius 2 is 1.63 bits per heavy atom. The molecule has 0 atom stereocenters. The van der Waals surface area contributed by atoms with E-state index in [0.29, 0.717) is 6.61 Å². The Morgan fingerprint density at radius 1 is 0.842 bits per heavy atom. The number of nitrogens with zero attached hydrogens (tertiary/aromatic N) is 1. The average molecular weight is 247 g/mol. The molecular weight excluding hydrogens is 234 g/mol. The van der Waals surface area contributed by atoms with Crippen LogP contribution in [0.4, 0.5) is 0 Å². The first-order valence-corrected chi connectivity index (χ1v) is 6.41. The van der Waals surface area contributed by atoms with Gasteiger partial charge >= 0.3 is 0 Å². The lowest BCUT2D eigenvalue weighted by atomic mass is 10.0. The van der Waals surface area contributed by atoms with Gasteiger partial charge in [-0.1, -0.05) is 30.3 Å². The lowest BCUT2D eigenvalue weighted by Crippen LogP contribution is -2.06. The summed E-state index contributed by atoms with van der Waals surface area (Å²) >= 11 is 0. The van der Waals surface area contributed by atoms with Crippen molar-refractivity contribution in [3.05, 3.63) is 72.4 Å². The zero-order chi connectivity index (χ0) is 12.7. The Balaban J connectivity index is 1.97. The van der Waals surface area contributed by atoms with Gasteiger partial charge < -0.3 is 9.30 Å². The SMILES string of the molecule is c1ccc(-n2ccc3c2-c2ccccc2OC3)cc1. The van der Waals surface area contributed by atoms with Gasteiger partial charge in [0.05, 0.1) is 5.69 Å². The van der Waals surface area contributed by atoms with Crippen LogP contribution in [0.3, 0.4) is 0 Å². The molecule has 0 bridgehead atoms. The molecular formula is C17H13NO. The predicted molar refractivity (Wildman–Crippen MR) is 75.5 cm³/mol. The molecule has 0 amide bonds. The Kier molecular flexibility index (Phi) is 2.21. The minimum absolute atomic E-state index is 0.645. The molecule has 19 heavy (non-hydrogen) atoms. The molecule has 0 saturated heterocycles. The van der Waals surface area contributed by atoms with Crippen molar-refractivity contribution in [2.45, 2.75) is 6.61 Å². The molecule has 92 valence electrons. The molecule has 0 aliphatic carbocycles. The van der Waals surface area contributed by atoms with Crippen molar-refractivity contribution < 1.29 is 4.74 Å². The number of aromatic nitrogens is 1. The Bertz CT molecular complexity index is 728. The second-order valence-electron chi connectivity index (χ2n) is 4.68. The molecule has 0 saturated carbocycles. The van der Waals surface area contributed by atoms with Gasteiger partial charge in [-0.15, -0.1) is 0 Å². The van der Waals surface area contributed by atoms with Crippen LogP contribution in [-0.4, -0.2) is 4.57 Å². The first-order valence-electron chi connectivity index (χ1n) is 6.41. The number of hydrogen-bond donors (Lipinski definition) is 0. The molecule has 0 fully saturated rings. The van der Waals surface area contributed by atoms with Gasteiger partial charge in [0.1, 0.15) is 12.4 Å². The van der Waals surface area contributed by atoms with Crippen LogP contribution in [0, 0.1) is 0 Å². The van der Waals surface area contributed by atoms with Crippen LogP contribution in [0.2, 0.25) is 0 Å². The summed E-state index contributed by atoms with van der Waals surface area (Å²) in [6.07, 6.45) is 2.12. The molecule has 0 spiro atoms. The summed E-state index contributed by atoms with van der Waals surface area (Å²) in [5.74, 6) is 0.964. The van der Waals surface area contributed by atoms with Crippen molar-refractivity contribution >= 4 is 0 Å². The lowest BCUT2D eigenvalue weighted by Gasteiger charge is -2.20. The van der Waals surface area contributed by atoms with E-state index >= 15 is 0 Å². The Labute approximate surface area is 111 Å². The maximum absolute atomic E-state index is 5.79. The molecule has 1 aromatic heterocycles. The highest BCUT2D eigenvalue weighted by molar-refractivity contribution is 5.74. The Morgan fingerprint density at radius 3 is 2.53 bits per heavy atom. The van der Waals surface area contributed by atoms with Crippen LogP contribution in [0.5, 0.6) is 5.75 Å². The van der Waals surface area contributed by atoms with E-state index in [1.54, 1.807) is 0 Å². The van der Waals surface area contributed by atoms with Crippen LogP contribution in [-0.2, 0) is 6.61 Å². The number of ether oxygens (including phenoxy) is 1. The summed E-state index contributed by atoms with van der Waals surface area (Å²) in [5, 5.41) is 0. The number of para-hydroxylation sites is 2. The molecule has 2 aromatic carbocycles. The van der Waals surface area contributed by atoms with E-state index in [-0.39, 0.29) is 0 Å². The normalized spacial score (nSPS) is 12.4. The van der Waals surface area contributed by atoms with Gasteiger partial charge in [-0.25, -0.2) is 0 Å². The molecule has 1 aliphatic heterocycles. The highest BCUT2D eigenvalue weighted by Crippen LogP contribution is 2.38. The van der Waals surface area contributed by atoms with Crippen LogP contribution in [0.15, 0.2) is 66.9 Å². The molecule has 2 nitrogen and oxygen atoms in total. The average Bonchev–Trinajstić information content (AvgIpc) is 2.92. The fraction of sp³-hybridized carbons (Fsp3) is 0.0588. The molecule has 2 heteroatoms. The van der Waals surface area contributed by atoms with Gasteiger partial charge in [0, 0.05) is 23.0 Å². The maximum Gasteiger partial charge on any atom is 0.129 e. The number of fused-ring (bicyclic) bond motifs is 3. The monoisotopic (exact) mass is 247 g/mol. The van der Waals surface area contributed by atoms with Gasteiger partial charge in [0.2, 0.25) is 0 Å². The van der Waals surface area contributed by atoms with Gasteiger partial charge in [-0.2, -0.15) is 0 Å². The minimum atomic E-state index is 0.645. The van der Waals surface area contributed by atoms with E-state index in [0.717, 1.165) is 11.3 Å². The summed E-state index contributed by atoms with van der Waals surface area (Å²) in [6, 6.07) is 20.8. The zero-order valence-corrected chi connectivity index (χ0v) is 10.4. The summed E-state index contributed by atoms with van der Waals surface area (Å²) in [6.45, 7) is 0.645. The number of hydrogen-bond acceptors (Lipinski definition) is 1. The molecule has 0 unspecified atom stereocenters. The van der Waals surface area contributed by atoms with Crippen molar-refractivity contribution in [3.63, 3.8) is 0 Å². The largest absolute Gasteiger partial charge is 0.488 e. The molecule has 3 aromatic rings. The van der Waals surface area contributed by atoms with Crippen LogP contribution < -0.4 is 4.74 Å². The fourth-order valence-electron chi connectivity index (χ4n) is 2.64. The summed E-state index contributed by atoms with van der Waals surface area (Å²) in [4.78, 5) is 0. The smallest absolute Gasteiger partial charge is 0.129 e. The standard InChI is InChI=1S/C17H13NO/c1-2-6-14(7-3-1)18-11-10-13-12-19-16-9-5-4-8-15(16)17(13)18/h1-11H,12H2. The van der Waals surface area contributed by atoms with Gasteiger partial charge in [-0.3, -0.25) is 0 Å². The summed E-state index contributed by atoms with van der Waals surface area (Å²) in [5.41, 5.74) is 4.83. The van der Waals surface area contributed by atoms with Crippen molar-refractivity contribution in [1.29, 1.82) is 0 Å². The third-order valence-electron chi connectivity index (χ3n) is 3.53.